The molecule has 4 rings (SSSR count). The van der Waals surface area contributed by atoms with E-state index in [4.69, 9.17) is 0 Å². The van der Waals surface area contributed by atoms with Crippen LogP contribution in [0.4, 0.5) is 17.3 Å². The number of hydrogen-bond donors (Lipinski definition) is 2. The van der Waals surface area contributed by atoms with Crippen molar-refractivity contribution in [2.75, 3.05) is 10.6 Å². The van der Waals surface area contributed by atoms with Crippen molar-refractivity contribution in [2.45, 2.75) is 19.4 Å². The number of carbonyl (C=O) groups excluding carboxylic acids is 2. The van der Waals surface area contributed by atoms with Crippen LogP contribution in [-0.2, 0) is 9.59 Å². The van der Waals surface area contributed by atoms with Crippen LogP contribution in [0, 0.1) is 17.0 Å². The van der Waals surface area contributed by atoms with Crippen LogP contribution in [0.2, 0.25) is 0 Å². The lowest BCUT2D eigenvalue weighted by atomic mass is 10.1. The molecule has 2 heterocycles. The molecule has 0 saturated carbocycles. The topological polar surface area (TPSA) is 132 Å². The first-order chi connectivity index (χ1) is 13.9. The third-order valence-electron chi connectivity index (χ3n) is 4.49. The van der Waals surface area contributed by atoms with Crippen LogP contribution < -0.4 is 10.6 Å². The smallest absolute Gasteiger partial charge is 0.271 e. The predicted molar refractivity (Wildman–Crippen MR) is 104 cm³/mol. The van der Waals surface area contributed by atoms with E-state index in [1.54, 1.807) is 0 Å². The zero-order valence-electron chi connectivity index (χ0n) is 15.3. The minimum atomic E-state index is -0.926. The highest BCUT2D eigenvalue weighted by atomic mass is 16.6. The van der Waals surface area contributed by atoms with Gasteiger partial charge in [-0.3, -0.25) is 25.0 Å². The number of rotatable bonds is 4. The number of aromatic nitrogens is 3. The van der Waals surface area contributed by atoms with Gasteiger partial charge in [-0.05, 0) is 13.0 Å². The number of benzene rings is 2. The number of anilines is 2. The summed E-state index contributed by atoms with van der Waals surface area (Å²) in [5.74, 6) is -0.312. The lowest BCUT2D eigenvalue weighted by Crippen LogP contribution is -2.36. The highest BCUT2D eigenvalue weighted by molar-refractivity contribution is 6.01. The molecule has 29 heavy (non-hydrogen) atoms. The van der Waals surface area contributed by atoms with Crippen molar-refractivity contribution in [3.05, 3.63) is 64.2 Å². The number of nitrogens with zero attached hydrogens (tertiary/aromatic N) is 4. The molecule has 146 valence electrons. The summed E-state index contributed by atoms with van der Waals surface area (Å²) in [5, 5.41) is 20.5. The summed E-state index contributed by atoms with van der Waals surface area (Å²) in [6.07, 6.45) is -0.121. The Balaban J connectivity index is 1.63. The van der Waals surface area contributed by atoms with Gasteiger partial charge < -0.3 is 5.32 Å². The number of nitrogens with one attached hydrogen (secondary N) is 2. The van der Waals surface area contributed by atoms with E-state index >= 15 is 0 Å². The summed E-state index contributed by atoms with van der Waals surface area (Å²) in [6, 6.07) is 12.2. The zero-order valence-corrected chi connectivity index (χ0v) is 15.3. The van der Waals surface area contributed by atoms with Gasteiger partial charge in [-0.25, -0.2) is 4.68 Å². The molecule has 1 aliphatic rings. The van der Waals surface area contributed by atoms with Crippen LogP contribution in [-0.4, -0.2) is 31.5 Å². The first-order valence-corrected chi connectivity index (χ1v) is 8.79. The second-order valence-electron chi connectivity index (χ2n) is 6.63. The van der Waals surface area contributed by atoms with Gasteiger partial charge in [-0.15, -0.1) is 5.10 Å². The summed E-state index contributed by atoms with van der Waals surface area (Å²) in [6.45, 7) is 1.96. The number of non-ortho nitro benzene ring substituents is 1. The third kappa shape index (κ3) is 3.68. The zero-order chi connectivity index (χ0) is 20.5. The highest BCUT2D eigenvalue weighted by Gasteiger charge is 2.33. The molecule has 0 bridgehead atoms. The third-order valence-corrected chi connectivity index (χ3v) is 4.49. The summed E-state index contributed by atoms with van der Waals surface area (Å²) in [7, 11) is 0. The van der Waals surface area contributed by atoms with Crippen LogP contribution in [0.25, 0.3) is 11.4 Å². The first-order valence-electron chi connectivity index (χ1n) is 8.79. The van der Waals surface area contributed by atoms with Gasteiger partial charge in [0.15, 0.2) is 5.82 Å². The minimum Gasteiger partial charge on any atom is -0.324 e. The highest BCUT2D eigenvalue weighted by Crippen LogP contribution is 2.28. The number of nitro groups is 1. The van der Waals surface area contributed by atoms with Crippen molar-refractivity contribution < 1.29 is 14.5 Å². The first kappa shape index (κ1) is 18.3. The Morgan fingerprint density at radius 3 is 2.76 bits per heavy atom. The number of carbonyl (C=O) groups is 2. The average molecular weight is 392 g/mol. The minimum absolute atomic E-state index is 0.121. The van der Waals surface area contributed by atoms with Gasteiger partial charge in [0.05, 0.1) is 11.3 Å². The van der Waals surface area contributed by atoms with E-state index in [0.717, 1.165) is 11.1 Å². The molecular weight excluding hydrogens is 376 g/mol. The van der Waals surface area contributed by atoms with Gasteiger partial charge in [-0.2, -0.15) is 4.98 Å². The van der Waals surface area contributed by atoms with Crippen molar-refractivity contribution in [3.8, 4) is 11.4 Å². The molecule has 1 atom stereocenters. The SMILES string of the molecule is Cc1ccc(-c2nc3n(n2)C(C(=O)Nc2cccc([N+](=O)[O-])c2)CC(=O)N3)cc1. The molecule has 0 radical (unpaired) electrons. The molecule has 0 fully saturated rings. The van der Waals surface area contributed by atoms with Gasteiger partial charge in [0, 0.05) is 23.4 Å². The lowest BCUT2D eigenvalue weighted by Gasteiger charge is -2.22. The Bertz CT molecular complexity index is 1120. The van der Waals surface area contributed by atoms with Crippen LogP contribution in [0.3, 0.4) is 0 Å². The van der Waals surface area contributed by atoms with Crippen molar-refractivity contribution in [1.82, 2.24) is 14.8 Å². The maximum absolute atomic E-state index is 12.8. The van der Waals surface area contributed by atoms with Crippen LogP contribution in [0.15, 0.2) is 48.5 Å². The van der Waals surface area contributed by atoms with Crippen LogP contribution in [0.5, 0.6) is 0 Å². The second kappa shape index (κ2) is 7.15. The quantitative estimate of drug-likeness (QED) is 0.518. The van der Waals surface area contributed by atoms with E-state index in [1.807, 2.05) is 31.2 Å². The molecular formula is C19H16N6O4. The van der Waals surface area contributed by atoms with Gasteiger partial charge in [0.25, 0.3) is 5.69 Å². The fourth-order valence-corrected chi connectivity index (χ4v) is 3.02. The fraction of sp³-hybridized carbons (Fsp3) is 0.158. The average Bonchev–Trinajstić information content (AvgIpc) is 3.11. The second-order valence-corrected chi connectivity index (χ2v) is 6.63. The molecule has 3 aromatic rings. The van der Waals surface area contributed by atoms with Crippen molar-refractivity contribution in [3.63, 3.8) is 0 Å². The summed E-state index contributed by atoms with van der Waals surface area (Å²) < 4.78 is 1.36. The normalized spacial score (nSPS) is 15.3. The molecule has 0 saturated heterocycles. The molecule has 10 nitrogen and oxygen atoms in total. The predicted octanol–water partition coefficient (Wildman–Crippen LogP) is 2.68. The van der Waals surface area contributed by atoms with Gasteiger partial charge in [0.2, 0.25) is 17.8 Å². The Morgan fingerprint density at radius 2 is 2.03 bits per heavy atom. The van der Waals surface area contributed by atoms with Gasteiger partial charge in [0.1, 0.15) is 6.04 Å². The molecule has 0 spiro atoms. The Kier molecular flexibility index (Phi) is 4.51. The summed E-state index contributed by atoms with van der Waals surface area (Å²) >= 11 is 0. The van der Waals surface area contributed by atoms with Gasteiger partial charge in [-0.1, -0.05) is 35.9 Å². The van der Waals surface area contributed by atoms with E-state index in [9.17, 15) is 19.7 Å². The van der Waals surface area contributed by atoms with E-state index in [1.165, 1.54) is 28.9 Å². The number of hydrogen-bond acceptors (Lipinski definition) is 6. The maximum atomic E-state index is 12.8. The molecule has 10 heteroatoms. The Morgan fingerprint density at radius 1 is 1.28 bits per heavy atom. The fourth-order valence-electron chi connectivity index (χ4n) is 3.02. The summed E-state index contributed by atoms with van der Waals surface area (Å²) in [5.41, 5.74) is 1.95. The van der Waals surface area contributed by atoms with Crippen LogP contribution in [0.1, 0.15) is 18.0 Å². The molecule has 1 unspecified atom stereocenters. The molecule has 2 N–H and O–H groups in total. The largest absolute Gasteiger partial charge is 0.324 e. The van der Waals surface area contributed by atoms with Crippen LogP contribution >= 0.6 is 0 Å². The molecule has 2 aromatic carbocycles. The monoisotopic (exact) mass is 392 g/mol. The van der Waals surface area contributed by atoms with Crippen molar-refractivity contribution in [1.29, 1.82) is 0 Å². The van der Waals surface area contributed by atoms with Gasteiger partial charge >= 0.3 is 0 Å². The number of aryl methyl sites for hydroxylation is 1. The molecule has 0 aliphatic carbocycles. The number of amides is 2. The number of nitro benzene ring substituents is 1. The number of fused-ring (bicyclic) bond motifs is 1. The van der Waals surface area contributed by atoms with Crippen molar-refractivity contribution in [2.24, 2.45) is 0 Å². The molecule has 1 aromatic heterocycles. The van der Waals surface area contributed by atoms with Crippen molar-refractivity contribution >= 4 is 29.1 Å². The van der Waals surface area contributed by atoms with E-state index in [0.29, 0.717) is 5.82 Å². The molecule has 2 amide bonds. The maximum Gasteiger partial charge on any atom is 0.271 e. The lowest BCUT2D eigenvalue weighted by molar-refractivity contribution is -0.384. The standard InChI is InChI=1S/C19H16N6O4/c1-11-5-7-12(8-6-11)17-22-19-21-16(26)10-15(24(19)23-17)18(27)20-13-3-2-4-14(9-13)25(28)29/h2-9,15H,10H2,1H3,(H,20,27)(H,21,22,23,26). The Labute approximate surface area is 164 Å². The van der Waals surface area contributed by atoms with E-state index in [2.05, 4.69) is 20.7 Å². The van der Waals surface area contributed by atoms with E-state index in [-0.39, 0.29) is 29.7 Å². The van der Waals surface area contributed by atoms with E-state index < -0.39 is 16.9 Å². The summed E-state index contributed by atoms with van der Waals surface area (Å²) in [4.78, 5) is 39.6. The molecule has 1 aliphatic heterocycles. The Hall–Kier alpha value is -4.08.